The third kappa shape index (κ3) is 8.31. The van der Waals surface area contributed by atoms with Crippen LogP contribution in [0.15, 0.2) is 46.9 Å². The van der Waals surface area contributed by atoms with E-state index in [4.69, 9.17) is 14.2 Å². The molecule has 0 bridgehead atoms. The van der Waals surface area contributed by atoms with Crippen molar-refractivity contribution in [3.8, 4) is 0 Å². The molecular weight excluding hydrogens is 649 g/mol. The van der Waals surface area contributed by atoms with Crippen LogP contribution in [0.3, 0.4) is 0 Å². The Balaban J connectivity index is 1.56. The lowest BCUT2D eigenvalue weighted by Gasteiger charge is -2.34. The van der Waals surface area contributed by atoms with Gasteiger partial charge in [-0.1, -0.05) is 61.8 Å². The largest absolute Gasteiger partial charge is 0.469 e. The van der Waals surface area contributed by atoms with Crippen LogP contribution in [-0.2, 0) is 55.8 Å². The lowest BCUT2D eigenvalue weighted by molar-refractivity contribution is -0.222. The highest BCUT2D eigenvalue weighted by molar-refractivity contribution is 9.10. The van der Waals surface area contributed by atoms with Crippen molar-refractivity contribution >= 4 is 53.0 Å². The van der Waals surface area contributed by atoms with Gasteiger partial charge in [0.15, 0.2) is 0 Å². The molecule has 0 unspecified atom stereocenters. The standard InChI is InChI=1S/C27H34BrF2O7PS2/c1-4-34-27(35-5-2,38(32,36-29)37-30)23-11-10-22(14-24(23)28)18-39-16-20-6-8-21(9-7-20)17-40-19-26(12-13-26)15-25(31)33-3/h6-11,14H,4-5,12-13,15-19H2,1-3H3. The minimum Gasteiger partial charge on any atom is -0.469 e. The summed E-state index contributed by atoms with van der Waals surface area (Å²) in [5, 5.41) is 0. The summed E-state index contributed by atoms with van der Waals surface area (Å²) in [6, 6.07) is 13.5. The number of methoxy groups -OCH3 is 1. The third-order valence-corrected chi connectivity index (χ3v) is 11.2. The van der Waals surface area contributed by atoms with E-state index in [0.717, 1.165) is 35.7 Å². The summed E-state index contributed by atoms with van der Waals surface area (Å²) in [7, 11) is -3.70. The number of ether oxygens (including phenoxy) is 3. The van der Waals surface area contributed by atoms with Crippen LogP contribution in [0.2, 0.25) is 0 Å². The maximum Gasteiger partial charge on any atom is 0.455 e. The van der Waals surface area contributed by atoms with Gasteiger partial charge in [0.2, 0.25) is 0 Å². The minimum absolute atomic E-state index is 0.0750. The third-order valence-electron chi connectivity index (χ3n) is 6.54. The zero-order valence-corrected chi connectivity index (χ0v) is 26.8. The molecule has 2 aromatic carbocycles. The SMILES string of the molecule is CCOC(OCC)(c1ccc(CSCc2ccc(CSCC3(CC(=O)OC)CC3)cc2)cc1Br)P(=O)(OF)OF. The highest BCUT2D eigenvalue weighted by Gasteiger charge is 2.59. The van der Waals surface area contributed by atoms with Gasteiger partial charge >= 0.3 is 19.1 Å². The van der Waals surface area contributed by atoms with Crippen molar-refractivity contribution in [2.24, 2.45) is 5.41 Å². The van der Waals surface area contributed by atoms with Crippen molar-refractivity contribution in [1.82, 2.24) is 0 Å². The van der Waals surface area contributed by atoms with Crippen LogP contribution in [0, 0.1) is 5.41 Å². The molecule has 0 saturated heterocycles. The molecule has 0 atom stereocenters. The van der Waals surface area contributed by atoms with Gasteiger partial charge in [-0.15, -0.1) is 0 Å². The molecule has 0 aliphatic heterocycles. The van der Waals surface area contributed by atoms with Gasteiger partial charge in [0.25, 0.3) is 0 Å². The summed E-state index contributed by atoms with van der Waals surface area (Å²) in [4.78, 5) is 11.6. The topological polar surface area (TPSA) is 80.3 Å². The molecule has 7 nitrogen and oxygen atoms in total. The van der Waals surface area contributed by atoms with E-state index >= 15 is 0 Å². The van der Waals surface area contributed by atoms with Crippen molar-refractivity contribution in [2.75, 3.05) is 26.1 Å². The van der Waals surface area contributed by atoms with Crippen molar-refractivity contribution in [1.29, 1.82) is 0 Å². The molecule has 0 amide bonds. The van der Waals surface area contributed by atoms with Gasteiger partial charge in [-0.3, -0.25) is 4.79 Å². The van der Waals surface area contributed by atoms with Gasteiger partial charge in [-0.05, 0) is 69.7 Å². The first kappa shape index (κ1) is 33.5. The fourth-order valence-corrected chi connectivity index (χ4v) is 8.64. The van der Waals surface area contributed by atoms with E-state index in [0.29, 0.717) is 16.6 Å². The summed E-state index contributed by atoms with van der Waals surface area (Å²) < 4.78 is 62.4. The van der Waals surface area contributed by atoms with Crippen LogP contribution < -0.4 is 0 Å². The molecule has 0 aromatic heterocycles. The molecule has 1 aliphatic carbocycles. The summed E-state index contributed by atoms with van der Waals surface area (Å²) in [5.74, 6) is 3.18. The lowest BCUT2D eigenvalue weighted by atomic mass is 10.1. The number of benzene rings is 2. The van der Waals surface area contributed by atoms with E-state index in [9.17, 15) is 18.4 Å². The highest BCUT2D eigenvalue weighted by Crippen LogP contribution is 2.67. The molecule has 1 aliphatic rings. The van der Waals surface area contributed by atoms with E-state index in [1.807, 2.05) is 11.8 Å². The van der Waals surface area contributed by atoms with Crippen LogP contribution in [-0.4, -0.2) is 32.0 Å². The number of thioether (sulfide) groups is 2. The molecule has 2 aromatic rings. The van der Waals surface area contributed by atoms with Gasteiger partial charge in [0, 0.05) is 40.5 Å². The Hall–Kier alpha value is -0.980. The Morgan fingerprint density at radius 3 is 1.95 bits per heavy atom. The number of hydrogen-bond donors (Lipinski definition) is 0. The Morgan fingerprint density at radius 2 is 1.48 bits per heavy atom. The maximum atomic E-state index is 13.3. The van der Waals surface area contributed by atoms with E-state index in [1.54, 1.807) is 37.7 Å². The predicted molar refractivity (Wildman–Crippen MR) is 157 cm³/mol. The number of carbonyl (C=O) groups excluding carboxylic acids is 1. The van der Waals surface area contributed by atoms with Crippen LogP contribution in [0.4, 0.5) is 9.05 Å². The average Bonchev–Trinajstić information content (AvgIpc) is 3.72. The van der Waals surface area contributed by atoms with E-state index < -0.39 is 13.1 Å². The highest BCUT2D eigenvalue weighted by atomic mass is 79.9. The molecular formula is C27H34BrF2O7PS2. The van der Waals surface area contributed by atoms with Crippen LogP contribution >= 0.6 is 47.0 Å². The average molecular weight is 684 g/mol. The monoisotopic (exact) mass is 682 g/mol. The van der Waals surface area contributed by atoms with Crippen LogP contribution in [0.25, 0.3) is 0 Å². The molecule has 0 spiro atoms. The molecule has 0 heterocycles. The maximum absolute atomic E-state index is 13.3. The Labute approximate surface area is 250 Å². The van der Waals surface area contributed by atoms with Gasteiger partial charge < -0.3 is 14.2 Å². The number of hydrogen-bond acceptors (Lipinski definition) is 9. The molecule has 40 heavy (non-hydrogen) atoms. The van der Waals surface area contributed by atoms with Crippen molar-refractivity contribution in [3.63, 3.8) is 0 Å². The predicted octanol–water partition coefficient (Wildman–Crippen LogP) is 8.64. The normalized spacial score (nSPS) is 14.8. The number of rotatable bonds is 18. The Bertz CT molecular complexity index is 1150. The van der Waals surface area contributed by atoms with Crippen molar-refractivity contribution < 1.29 is 42.1 Å². The van der Waals surface area contributed by atoms with Crippen molar-refractivity contribution in [3.05, 3.63) is 69.2 Å². The second kappa shape index (κ2) is 15.5. The first-order chi connectivity index (χ1) is 19.2. The van der Waals surface area contributed by atoms with Crippen molar-refractivity contribution in [2.45, 2.75) is 55.9 Å². The Kier molecular flexibility index (Phi) is 13.0. The van der Waals surface area contributed by atoms with Crippen LogP contribution in [0.1, 0.15) is 55.4 Å². The number of esters is 1. The molecule has 13 heteroatoms. The summed E-state index contributed by atoms with van der Waals surface area (Å²) in [6.07, 6.45) is 2.68. The fraction of sp³-hybridized carbons (Fsp3) is 0.519. The van der Waals surface area contributed by atoms with E-state index in [-0.39, 0.29) is 30.2 Å². The quantitative estimate of drug-likeness (QED) is 0.0872. The summed E-state index contributed by atoms with van der Waals surface area (Å²) in [6.45, 7) is 2.98. The van der Waals surface area contributed by atoms with Gasteiger partial charge in [-0.25, -0.2) is 4.57 Å². The van der Waals surface area contributed by atoms with Crippen LogP contribution in [0.5, 0.6) is 0 Å². The summed E-state index contributed by atoms with van der Waals surface area (Å²) in [5.41, 5.74) is 1.13. The zero-order chi connectivity index (χ0) is 29.2. The molecule has 1 fully saturated rings. The fourth-order valence-electron chi connectivity index (χ4n) is 4.23. The Morgan fingerprint density at radius 1 is 0.950 bits per heavy atom. The smallest absolute Gasteiger partial charge is 0.455 e. The van der Waals surface area contributed by atoms with Gasteiger partial charge in [0.05, 0.1) is 13.5 Å². The first-order valence-electron chi connectivity index (χ1n) is 12.8. The first-order valence-corrected chi connectivity index (χ1v) is 17.4. The molecule has 1 saturated carbocycles. The van der Waals surface area contributed by atoms with E-state index in [2.05, 4.69) is 49.7 Å². The molecule has 3 rings (SSSR count). The van der Waals surface area contributed by atoms with Gasteiger partial charge in [-0.2, -0.15) is 23.5 Å². The molecule has 0 N–H and O–H groups in total. The van der Waals surface area contributed by atoms with E-state index in [1.165, 1.54) is 24.3 Å². The number of carbonyl (C=O) groups is 1. The summed E-state index contributed by atoms with van der Waals surface area (Å²) >= 11 is 6.96. The zero-order valence-electron chi connectivity index (χ0n) is 22.7. The minimum atomic E-state index is -5.14. The molecule has 222 valence electrons. The second-order valence-electron chi connectivity index (χ2n) is 9.45. The lowest BCUT2D eigenvalue weighted by Crippen LogP contribution is -2.34. The second-order valence-corrected chi connectivity index (χ2v) is 14.1. The van der Waals surface area contributed by atoms with Gasteiger partial charge in [0.1, 0.15) is 0 Å². The number of halogens is 3. The molecule has 0 radical (unpaired) electrons.